The van der Waals surface area contributed by atoms with Crippen molar-refractivity contribution in [3.63, 3.8) is 0 Å². The predicted molar refractivity (Wildman–Crippen MR) is 82.7 cm³/mol. The first-order valence-electron chi connectivity index (χ1n) is 6.45. The Hall–Kier alpha value is -1.94. The number of rotatable bonds is 3. The summed E-state index contributed by atoms with van der Waals surface area (Å²) in [4.78, 5) is 15.2. The van der Waals surface area contributed by atoms with Gasteiger partial charge in [0, 0.05) is 15.7 Å². The lowest BCUT2D eigenvalue weighted by Gasteiger charge is -1.98. The summed E-state index contributed by atoms with van der Waals surface area (Å²) in [6, 6.07) is 15.9. The molecule has 3 nitrogen and oxygen atoms in total. The van der Waals surface area contributed by atoms with E-state index < -0.39 is 0 Å². The van der Waals surface area contributed by atoms with Crippen LogP contribution in [0.4, 0.5) is 5.69 Å². The SMILES string of the molecule is O=C1Nc2ccccc2[C@H]1C=[NH+]Cc1cccc(Br)c1. The first kappa shape index (κ1) is 13.1. The van der Waals surface area contributed by atoms with Gasteiger partial charge < -0.3 is 5.32 Å². The third kappa shape index (κ3) is 2.65. The quantitative estimate of drug-likeness (QED) is 0.829. The van der Waals surface area contributed by atoms with E-state index in [-0.39, 0.29) is 11.8 Å². The largest absolute Gasteiger partial charge is 0.325 e. The third-order valence-electron chi connectivity index (χ3n) is 3.32. The van der Waals surface area contributed by atoms with Crippen molar-refractivity contribution in [2.45, 2.75) is 12.5 Å². The lowest BCUT2D eigenvalue weighted by molar-refractivity contribution is -0.471. The van der Waals surface area contributed by atoms with Crippen LogP contribution in [0.3, 0.4) is 0 Å². The molecule has 0 fully saturated rings. The molecule has 0 bridgehead atoms. The number of para-hydroxylation sites is 1. The average Bonchev–Trinajstić information content (AvgIpc) is 2.75. The van der Waals surface area contributed by atoms with Gasteiger partial charge in [0.05, 0.1) is 0 Å². The van der Waals surface area contributed by atoms with Crippen LogP contribution in [0.5, 0.6) is 0 Å². The van der Waals surface area contributed by atoms with Crippen molar-refractivity contribution >= 4 is 33.7 Å². The average molecular weight is 330 g/mol. The standard InChI is InChI=1S/C16H13BrN2O/c17-12-5-3-4-11(8-12)9-18-10-14-13-6-1-2-7-15(13)19-16(14)20/h1-8,10,14H,9H2,(H,19,20)/p+1/t14-/m1/s1. The van der Waals surface area contributed by atoms with Gasteiger partial charge in [0.1, 0.15) is 5.92 Å². The van der Waals surface area contributed by atoms with E-state index in [9.17, 15) is 4.79 Å². The molecule has 0 saturated carbocycles. The summed E-state index contributed by atoms with van der Waals surface area (Å²) in [5, 5.41) is 2.89. The van der Waals surface area contributed by atoms with Crippen molar-refractivity contribution in [1.82, 2.24) is 0 Å². The minimum absolute atomic E-state index is 0.0212. The van der Waals surface area contributed by atoms with Crippen LogP contribution < -0.4 is 10.3 Å². The Morgan fingerprint density at radius 3 is 2.90 bits per heavy atom. The predicted octanol–water partition coefficient (Wildman–Crippen LogP) is 1.84. The van der Waals surface area contributed by atoms with Gasteiger partial charge in [-0.15, -0.1) is 0 Å². The normalized spacial score (nSPS) is 17.2. The third-order valence-corrected chi connectivity index (χ3v) is 3.81. The molecule has 20 heavy (non-hydrogen) atoms. The highest BCUT2D eigenvalue weighted by Gasteiger charge is 2.30. The Balaban J connectivity index is 1.75. The Morgan fingerprint density at radius 2 is 2.05 bits per heavy atom. The van der Waals surface area contributed by atoms with E-state index in [1.165, 1.54) is 5.56 Å². The first-order valence-corrected chi connectivity index (χ1v) is 7.24. The molecule has 2 aromatic carbocycles. The monoisotopic (exact) mass is 329 g/mol. The van der Waals surface area contributed by atoms with Crippen molar-refractivity contribution in [3.05, 3.63) is 64.1 Å². The molecule has 0 saturated heterocycles. The van der Waals surface area contributed by atoms with E-state index in [2.05, 4.69) is 32.3 Å². The van der Waals surface area contributed by atoms with Gasteiger partial charge in [-0.2, -0.15) is 0 Å². The molecule has 4 heteroatoms. The Kier molecular flexibility index (Phi) is 3.65. The van der Waals surface area contributed by atoms with Crippen molar-refractivity contribution in [2.75, 3.05) is 5.32 Å². The van der Waals surface area contributed by atoms with Crippen molar-refractivity contribution in [2.24, 2.45) is 0 Å². The summed E-state index contributed by atoms with van der Waals surface area (Å²) in [5.74, 6) is -0.203. The Morgan fingerprint density at radius 1 is 1.20 bits per heavy atom. The molecule has 3 rings (SSSR count). The summed E-state index contributed by atoms with van der Waals surface area (Å²) in [6.45, 7) is 0.700. The van der Waals surface area contributed by atoms with Crippen LogP contribution >= 0.6 is 15.9 Å². The highest BCUT2D eigenvalue weighted by Crippen LogP contribution is 2.29. The van der Waals surface area contributed by atoms with Crippen LogP contribution in [0.25, 0.3) is 0 Å². The fraction of sp³-hybridized carbons (Fsp3) is 0.125. The number of carbonyl (C=O) groups is 1. The lowest BCUT2D eigenvalue weighted by Crippen LogP contribution is -2.68. The molecule has 1 aliphatic heterocycles. The van der Waals surface area contributed by atoms with Gasteiger partial charge in [-0.25, -0.2) is 4.99 Å². The van der Waals surface area contributed by atoms with Crippen LogP contribution in [0.15, 0.2) is 53.0 Å². The first-order chi connectivity index (χ1) is 9.74. The number of benzene rings is 2. The summed E-state index contributed by atoms with van der Waals surface area (Å²) in [7, 11) is 0. The van der Waals surface area contributed by atoms with E-state index in [0.29, 0.717) is 6.54 Å². The van der Waals surface area contributed by atoms with E-state index in [4.69, 9.17) is 0 Å². The number of halogens is 1. The molecule has 1 amide bonds. The van der Waals surface area contributed by atoms with Gasteiger partial charge in [0.25, 0.3) is 0 Å². The molecular formula is C16H14BrN2O+. The lowest BCUT2D eigenvalue weighted by atomic mass is 10.0. The number of amides is 1. The number of hydrogen-bond acceptors (Lipinski definition) is 1. The zero-order valence-electron chi connectivity index (χ0n) is 10.8. The molecule has 2 aromatic rings. The molecule has 1 heterocycles. The zero-order chi connectivity index (χ0) is 13.9. The topological polar surface area (TPSA) is 43.1 Å². The molecule has 0 unspecified atom stereocenters. The number of carbonyl (C=O) groups excluding carboxylic acids is 1. The minimum Gasteiger partial charge on any atom is -0.325 e. The summed E-state index contributed by atoms with van der Waals surface area (Å²) >= 11 is 3.45. The molecule has 2 N–H and O–H groups in total. The van der Waals surface area contributed by atoms with Crippen LogP contribution in [-0.4, -0.2) is 12.1 Å². The number of fused-ring (bicyclic) bond motifs is 1. The summed E-state index contributed by atoms with van der Waals surface area (Å²) < 4.78 is 1.06. The minimum atomic E-state index is -0.224. The molecule has 0 aromatic heterocycles. The van der Waals surface area contributed by atoms with Gasteiger partial charge in [0.2, 0.25) is 5.91 Å². The highest BCUT2D eigenvalue weighted by molar-refractivity contribution is 9.10. The second-order valence-corrected chi connectivity index (χ2v) is 5.65. The van der Waals surface area contributed by atoms with Crippen LogP contribution in [0.2, 0.25) is 0 Å². The Bertz CT molecular complexity index is 682. The molecule has 0 spiro atoms. The maximum Gasteiger partial charge on any atom is 0.241 e. The smallest absolute Gasteiger partial charge is 0.241 e. The van der Waals surface area contributed by atoms with E-state index in [1.807, 2.05) is 48.7 Å². The Labute approximate surface area is 125 Å². The molecule has 0 aliphatic carbocycles. The van der Waals surface area contributed by atoms with E-state index in [1.54, 1.807) is 0 Å². The fourth-order valence-corrected chi connectivity index (χ4v) is 2.79. The number of anilines is 1. The van der Waals surface area contributed by atoms with Crippen LogP contribution in [0, 0.1) is 0 Å². The molecule has 0 radical (unpaired) electrons. The summed E-state index contributed by atoms with van der Waals surface area (Å²) in [6.07, 6.45) is 1.86. The van der Waals surface area contributed by atoms with E-state index >= 15 is 0 Å². The number of hydrogen-bond donors (Lipinski definition) is 2. The second-order valence-electron chi connectivity index (χ2n) is 4.73. The van der Waals surface area contributed by atoms with Crippen molar-refractivity contribution in [3.8, 4) is 0 Å². The fourth-order valence-electron chi connectivity index (χ4n) is 2.34. The van der Waals surface area contributed by atoms with Gasteiger partial charge in [0.15, 0.2) is 12.8 Å². The maximum atomic E-state index is 11.9. The van der Waals surface area contributed by atoms with Crippen LogP contribution in [0.1, 0.15) is 17.0 Å². The molecular weight excluding hydrogens is 316 g/mol. The van der Waals surface area contributed by atoms with Gasteiger partial charge >= 0.3 is 0 Å². The molecule has 1 atom stereocenters. The highest BCUT2D eigenvalue weighted by atomic mass is 79.9. The van der Waals surface area contributed by atoms with Gasteiger partial charge in [-0.1, -0.05) is 46.3 Å². The van der Waals surface area contributed by atoms with Gasteiger partial charge in [-0.3, -0.25) is 4.79 Å². The molecule has 100 valence electrons. The maximum absolute atomic E-state index is 11.9. The van der Waals surface area contributed by atoms with Crippen molar-refractivity contribution in [1.29, 1.82) is 0 Å². The molecule has 1 aliphatic rings. The summed E-state index contributed by atoms with van der Waals surface area (Å²) in [5.41, 5.74) is 3.10. The van der Waals surface area contributed by atoms with E-state index in [0.717, 1.165) is 15.7 Å². The number of nitrogens with one attached hydrogen (secondary N) is 2. The van der Waals surface area contributed by atoms with Crippen LogP contribution in [-0.2, 0) is 11.3 Å². The zero-order valence-corrected chi connectivity index (χ0v) is 12.4. The van der Waals surface area contributed by atoms with Gasteiger partial charge in [-0.05, 0) is 23.8 Å². The van der Waals surface area contributed by atoms with Crippen molar-refractivity contribution < 1.29 is 9.79 Å². The second kappa shape index (κ2) is 5.59.